The lowest BCUT2D eigenvalue weighted by Gasteiger charge is -2.16. The third-order valence-electron chi connectivity index (χ3n) is 4.74. The zero-order valence-electron chi connectivity index (χ0n) is 18.4. The molecular weight excluding hydrogens is 438 g/mol. The fourth-order valence-corrected chi connectivity index (χ4v) is 2.96. The van der Waals surface area contributed by atoms with Gasteiger partial charge in [-0.25, -0.2) is 9.59 Å². The first-order valence-electron chi connectivity index (χ1n) is 10.6. The summed E-state index contributed by atoms with van der Waals surface area (Å²) in [5.74, 6) is -1.09. The molecule has 0 spiro atoms. The van der Waals surface area contributed by atoms with Crippen LogP contribution in [0, 0.1) is 0 Å². The number of aliphatic hydroxyl groups excluding tert-OH is 1. The number of hydrogen-bond acceptors (Lipinski definition) is 7. The molecule has 0 bridgehead atoms. The summed E-state index contributed by atoms with van der Waals surface area (Å²) in [5.41, 5.74) is 1.95. The molecule has 1 unspecified atom stereocenters. The SMILES string of the molecule is O=C(NC(CO)C(=O)OCC(=O)c1ccccc1OCc1ccccc1)OCc1ccccc1. The van der Waals surface area contributed by atoms with E-state index in [4.69, 9.17) is 14.2 Å². The number of ether oxygens (including phenoxy) is 3. The maximum atomic E-state index is 12.6. The molecule has 3 rings (SSSR count). The van der Waals surface area contributed by atoms with Gasteiger partial charge in [0.2, 0.25) is 5.78 Å². The molecule has 8 nitrogen and oxygen atoms in total. The van der Waals surface area contributed by atoms with Crippen molar-refractivity contribution in [3.05, 3.63) is 102 Å². The molecule has 3 aromatic carbocycles. The van der Waals surface area contributed by atoms with Gasteiger partial charge in [-0.1, -0.05) is 72.8 Å². The molecule has 2 N–H and O–H groups in total. The van der Waals surface area contributed by atoms with E-state index in [0.29, 0.717) is 5.75 Å². The Labute approximate surface area is 197 Å². The van der Waals surface area contributed by atoms with Gasteiger partial charge in [0, 0.05) is 0 Å². The lowest BCUT2D eigenvalue weighted by Crippen LogP contribution is -2.45. The number of amides is 1. The van der Waals surface area contributed by atoms with Crippen LogP contribution in [0.3, 0.4) is 0 Å². The van der Waals surface area contributed by atoms with Crippen molar-refractivity contribution in [2.24, 2.45) is 0 Å². The van der Waals surface area contributed by atoms with Crippen LogP contribution in [0.15, 0.2) is 84.9 Å². The molecule has 176 valence electrons. The highest BCUT2D eigenvalue weighted by Crippen LogP contribution is 2.20. The van der Waals surface area contributed by atoms with Gasteiger partial charge in [0.1, 0.15) is 19.0 Å². The summed E-state index contributed by atoms with van der Waals surface area (Å²) in [4.78, 5) is 36.9. The Hall–Kier alpha value is -4.17. The van der Waals surface area contributed by atoms with Gasteiger partial charge in [0.05, 0.1) is 12.2 Å². The first-order valence-corrected chi connectivity index (χ1v) is 10.6. The first-order chi connectivity index (χ1) is 16.6. The molecule has 0 fully saturated rings. The largest absolute Gasteiger partial charge is 0.488 e. The van der Waals surface area contributed by atoms with Crippen LogP contribution in [-0.4, -0.2) is 42.2 Å². The van der Waals surface area contributed by atoms with E-state index in [0.717, 1.165) is 11.1 Å². The van der Waals surface area contributed by atoms with E-state index in [1.807, 2.05) is 36.4 Å². The Morgan fingerprint density at radius 1 is 0.765 bits per heavy atom. The number of Topliss-reactive ketones (excluding diaryl/α,β-unsaturated/α-hetero) is 1. The molecule has 0 aliphatic rings. The third-order valence-corrected chi connectivity index (χ3v) is 4.74. The fourth-order valence-electron chi connectivity index (χ4n) is 2.96. The summed E-state index contributed by atoms with van der Waals surface area (Å²) in [6.07, 6.45) is -0.897. The molecule has 1 amide bonds. The fraction of sp³-hybridized carbons (Fsp3) is 0.192. The molecule has 8 heteroatoms. The Morgan fingerprint density at radius 3 is 2.00 bits per heavy atom. The van der Waals surface area contributed by atoms with E-state index in [1.165, 1.54) is 0 Å². The van der Waals surface area contributed by atoms with Gasteiger partial charge in [-0.15, -0.1) is 0 Å². The van der Waals surface area contributed by atoms with E-state index in [-0.39, 0.29) is 18.8 Å². The molecule has 0 saturated carbocycles. The number of nitrogens with one attached hydrogen (secondary N) is 1. The van der Waals surface area contributed by atoms with Gasteiger partial charge in [0.15, 0.2) is 12.6 Å². The molecule has 34 heavy (non-hydrogen) atoms. The molecular formula is C26H25NO7. The van der Waals surface area contributed by atoms with Crippen molar-refractivity contribution in [1.82, 2.24) is 5.32 Å². The predicted molar refractivity (Wildman–Crippen MR) is 123 cm³/mol. The number of benzene rings is 3. The van der Waals surface area contributed by atoms with Crippen molar-refractivity contribution in [1.29, 1.82) is 0 Å². The highest BCUT2D eigenvalue weighted by molar-refractivity contribution is 6.00. The summed E-state index contributed by atoms with van der Waals surface area (Å²) >= 11 is 0. The number of para-hydroxylation sites is 1. The van der Waals surface area contributed by atoms with Crippen LogP contribution in [0.1, 0.15) is 21.5 Å². The zero-order valence-corrected chi connectivity index (χ0v) is 18.4. The van der Waals surface area contributed by atoms with E-state index in [2.05, 4.69) is 5.32 Å². The number of carbonyl (C=O) groups is 3. The van der Waals surface area contributed by atoms with Gasteiger partial charge >= 0.3 is 12.1 Å². The second kappa shape index (κ2) is 12.8. The molecule has 0 radical (unpaired) electrons. The molecule has 0 aliphatic heterocycles. The molecule has 0 heterocycles. The van der Waals surface area contributed by atoms with Crippen LogP contribution in [-0.2, 0) is 27.5 Å². The Morgan fingerprint density at radius 2 is 1.35 bits per heavy atom. The number of ketones is 1. The van der Waals surface area contributed by atoms with Crippen molar-refractivity contribution in [2.75, 3.05) is 13.2 Å². The van der Waals surface area contributed by atoms with Crippen LogP contribution < -0.4 is 10.1 Å². The number of rotatable bonds is 11. The minimum absolute atomic E-state index is 0.00186. The monoisotopic (exact) mass is 463 g/mol. The van der Waals surface area contributed by atoms with Crippen LogP contribution in [0.2, 0.25) is 0 Å². The Balaban J connectivity index is 1.50. The van der Waals surface area contributed by atoms with Crippen molar-refractivity contribution >= 4 is 17.8 Å². The number of aliphatic hydroxyl groups is 1. The van der Waals surface area contributed by atoms with Crippen molar-refractivity contribution < 1.29 is 33.7 Å². The molecule has 0 aromatic heterocycles. The van der Waals surface area contributed by atoms with E-state index < -0.39 is 37.1 Å². The maximum Gasteiger partial charge on any atom is 0.408 e. The van der Waals surface area contributed by atoms with Crippen LogP contribution in [0.4, 0.5) is 4.79 Å². The Kier molecular flexibility index (Phi) is 9.19. The highest BCUT2D eigenvalue weighted by Gasteiger charge is 2.24. The lowest BCUT2D eigenvalue weighted by molar-refractivity contribution is -0.145. The van der Waals surface area contributed by atoms with Crippen molar-refractivity contribution in [2.45, 2.75) is 19.3 Å². The molecule has 0 aliphatic carbocycles. The number of alkyl carbamates (subject to hydrolysis) is 1. The van der Waals surface area contributed by atoms with Gasteiger partial charge in [-0.05, 0) is 23.3 Å². The minimum atomic E-state index is -1.37. The van der Waals surface area contributed by atoms with E-state index >= 15 is 0 Å². The van der Waals surface area contributed by atoms with Crippen molar-refractivity contribution in [3.8, 4) is 5.75 Å². The van der Waals surface area contributed by atoms with Gasteiger partial charge in [-0.3, -0.25) is 4.79 Å². The van der Waals surface area contributed by atoms with Crippen molar-refractivity contribution in [3.63, 3.8) is 0 Å². The maximum absolute atomic E-state index is 12.6. The minimum Gasteiger partial charge on any atom is -0.488 e. The smallest absolute Gasteiger partial charge is 0.408 e. The molecule has 1 atom stereocenters. The second-order valence-electron chi connectivity index (χ2n) is 7.24. The standard InChI is InChI=1S/C26H25NO7/c28-15-22(27-26(31)34-17-20-11-5-2-6-12-20)25(30)33-18-23(29)21-13-7-8-14-24(21)32-16-19-9-3-1-4-10-19/h1-14,22,28H,15-18H2,(H,27,31). The predicted octanol–water partition coefficient (Wildman–Crippen LogP) is 3.28. The average molecular weight is 463 g/mol. The van der Waals surface area contributed by atoms with Crippen LogP contribution >= 0.6 is 0 Å². The van der Waals surface area contributed by atoms with Crippen LogP contribution in [0.5, 0.6) is 5.75 Å². The third kappa shape index (κ3) is 7.46. The average Bonchev–Trinajstić information content (AvgIpc) is 2.89. The second-order valence-corrected chi connectivity index (χ2v) is 7.24. The first kappa shape index (κ1) is 24.5. The topological polar surface area (TPSA) is 111 Å². The van der Waals surface area contributed by atoms with Gasteiger partial charge < -0.3 is 24.6 Å². The number of hydrogen-bond donors (Lipinski definition) is 2. The Bertz CT molecular complexity index is 1090. The van der Waals surface area contributed by atoms with E-state index in [1.54, 1.807) is 48.5 Å². The van der Waals surface area contributed by atoms with E-state index in [9.17, 15) is 19.5 Å². The number of esters is 1. The summed E-state index contributed by atoms with van der Waals surface area (Å²) < 4.78 is 15.8. The number of carbonyl (C=O) groups excluding carboxylic acids is 3. The van der Waals surface area contributed by atoms with Gasteiger partial charge in [0.25, 0.3) is 0 Å². The molecule has 3 aromatic rings. The summed E-state index contributed by atoms with van der Waals surface area (Å²) in [5, 5.41) is 11.7. The lowest BCUT2D eigenvalue weighted by atomic mass is 10.1. The highest BCUT2D eigenvalue weighted by atomic mass is 16.6. The summed E-state index contributed by atoms with van der Waals surface area (Å²) in [6, 6.07) is 23.7. The quantitative estimate of drug-likeness (QED) is 0.332. The molecule has 0 saturated heterocycles. The zero-order chi connectivity index (χ0) is 24.2. The van der Waals surface area contributed by atoms with Crippen LogP contribution in [0.25, 0.3) is 0 Å². The summed E-state index contributed by atoms with van der Waals surface area (Å²) in [6.45, 7) is -1.03. The normalized spacial score (nSPS) is 11.2. The summed E-state index contributed by atoms with van der Waals surface area (Å²) in [7, 11) is 0. The van der Waals surface area contributed by atoms with Gasteiger partial charge in [-0.2, -0.15) is 0 Å².